The van der Waals surface area contributed by atoms with Crippen molar-refractivity contribution in [1.29, 1.82) is 0 Å². The van der Waals surface area contributed by atoms with E-state index in [0.717, 1.165) is 31.7 Å². The lowest BCUT2D eigenvalue weighted by molar-refractivity contribution is 0.213. The molecule has 0 aliphatic carbocycles. The van der Waals surface area contributed by atoms with Gasteiger partial charge in [0.25, 0.3) is 0 Å². The van der Waals surface area contributed by atoms with Crippen molar-refractivity contribution >= 4 is 11.4 Å². The van der Waals surface area contributed by atoms with E-state index in [4.69, 9.17) is 5.73 Å². The average molecular weight is 237 g/mol. The minimum atomic E-state index is -0.325. The van der Waals surface area contributed by atoms with E-state index in [1.54, 1.807) is 6.07 Å². The van der Waals surface area contributed by atoms with Crippen LogP contribution in [0.25, 0.3) is 0 Å². The van der Waals surface area contributed by atoms with Gasteiger partial charge in [0, 0.05) is 25.7 Å². The van der Waals surface area contributed by atoms with E-state index in [1.165, 1.54) is 6.07 Å². The van der Waals surface area contributed by atoms with Crippen LogP contribution in [0.1, 0.15) is 13.3 Å². The molecule has 4 heteroatoms. The summed E-state index contributed by atoms with van der Waals surface area (Å²) in [7, 11) is 2.14. The van der Waals surface area contributed by atoms with Gasteiger partial charge >= 0.3 is 0 Å². The Bertz CT molecular complexity index is 394. The number of piperazine rings is 1. The Morgan fingerprint density at radius 3 is 2.88 bits per heavy atom. The second kappa shape index (κ2) is 4.92. The molecule has 94 valence electrons. The molecule has 2 N–H and O–H groups in total. The first-order chi connectivity index (χ1) is 8.13. The molecule has 1 atom stereocenters. The largest absolute Gasteiger partial charge is 0.395 e. The summed E-state index contributed by atoms with van der Waals surface area (Å²) >= 11 is 0. The number of anilines is 2. The van der Waals surface area contributed by atoms with Crippen LogP contribution in [0, 0.1) is 5.82 Å². The van der Waals surface area contributed by atoms with Gasteiger partial charge in [-0.2, -0.15) is 0 Å². The van der Waals surface area contributed by atoms with Gasteiger partial charge in [0.15, 0.2) is 0 Å². The van der Waals surface area contributed by atoms with Crippen LogP contribution in [0.2, 0.25) is 0 Å². The lowest BCUT2D eigenvalue weighted by atomic mass is 10.1. The fourth-order valence-corrected chi connectivity index (χ4v) is 2.41. The van der Waals surface area contributed by atoms with Gasteiger partial charge in [-0.15, -0.1) is 0 Å². The molecule has 0 radical (unpaired) electrons. The maximum absolute atomic E-state index is 13.4. The molecule has 1 fully saturated rings. The zero-order chi connectivity index (χ0) is 12.4. The smallest absolute Gasteiger partial charge is 0.148 e. The van der Waals surface area contributed by atoms with Crippen molar-refractivity contribution in [1.82, 2.24) is 4.90 Å². The van der Waals surface area contributed by atoms with Gasteiger partial charge in [0.05, 0.1) is 11.4 Å². The normalized spacial score (nSPS) is 21.8. The van der Waals surface area contributed by atoms with Crippen LogP contribution in [0.5, 0.6) is 0 Å². The van der Waals surface area contributed by atoms with Crippen molar-refractivity contribution in [3.63, 3.8) is 0 Å². The Hall–Kier alpha value is -1.29. The highest BCUT2D eigenvalue weighted by Gasteiger charge is 2.24. The average Bonchev–Trinajstić information content (AvgIpc) is 2.34. The third kappa shape index (κ3) is 2.36. The van der Waals surface area contributed by atoms with Crippen LogP contribution >= 0.6 is 0 Å². The van der Waals surface area contributed by atoms with Crippen LogP contribution in [0.3, 0.4) is 0 Å². The molecular weight excluding hydrogens is 217 g/mol. The third-order valence-corrected chi connectivity index (χ3v) is 3.62. The van der Waals surface area contributed by atoms with Crippen LogP contribution < -0.4 is 10.6 Å². The summed E-state index contributed by atoms with van der Waals surface area (Å²) < 4.78 is 13.4. The van der Waals surface area contributed by atoms with Crippen molar-refractivity contribution in [2.45, 2.75) is 19.4 Å². The van der Waals surface area contributed by atoms with Gasteiger partial charge in [0.1, 0.15) is 5.82 Å². The van der Waals surface area contributed by atoms with Crippen molar-refractivity contribution < 1.29 is 4.39 Å². The zero-order valence-electron chi connectivity index (χ0n) is 10.5. The summed E-state index contributed by atoms with van der Waals surface area (Å²) in [6.07, 6.45) is 1.10. The Morgan fingerprint density at radius 1 is 1.41 bits per heavy atom. The van der Waals surface area contributed by atoms with Gasteiger partial charge in [-0.3, -0.25) is 4.90 Å². The molecule has 17 heavy (non-hydrogen) atoms. The molecule has 1 aromatic carbocycles. The molecule has 0 amide bonds. The molecule has 1 aliphatic rings. The first-order valence-electron chi connectivity index (χ1n) is 6.12. The summed E-state index contributed by atoms with van der Waals surface area (Å²) in [5, 5.41) is 0. The van der Waals surface area contributed by atoms with E-state index in [2.05, 4.69) is 23.8 Å². The number of nitrogen functional groups attached to an aromatic ring is 1. The Kier molecular flexibility index (Phi) is 3.52. The monoisotopic (exact) mass is 237 g/mol. The molecule has 0 saturated carbocycles. The molecule has 1 saturated heterocycles. The van der Waals surface area contributed by atoms with E-state index in [1.807, 2.05) is 6.07 Å². The molecule has 2 rings (SSSR count). The van der Waals surface area contributed by atoms with Crippen LogP contribution in [0.4, 0.5) is 15.8 Å². The van der Waals surface area contributed by atoms with Gasteiger partial charge in [-0.05, 0) is 25.6 Å². The molecule has 1 aliphatic heterocycles. The highest BCUT2D eigenvalue weighted by Crippen LogP contribution is 2.27. The van der Waals surface area contributed by atoms with Crippen molar-refractivity contribution in [3.05, 3.63) is 24.0 Å². The van der Waals surface area contributed by atoms with Crippen LogP contribution in [-0.2, 0) is 0 Å². The Labute approximate surface area is 102 Å². The molecule has 0 bridgehead atoms. The molecule has 0 spiro atoms. The van der Waals surface area contributed by atoms with Crippen molar-refractivity contribution in [2.24, 2.45) is 0 Å². The van der Waals surface area contributed by atoms with E-state index in [-0.39, 0.29) is 11.5 Å². The van der Waals surface area contributed by atoms with Gasteiger partial charge in [0.2, 0.25) is 0 Å². The number of halogens is 1. The lowest BCUT2D eigenvalue weighted by Crippen LogP contribution is -2.51. The first-order valence-corrected chi connectivity index (χ1v) is 6.12. The number of likely N-dealkylation sites (N-methyl/N-ethyl adjacent to an activating group) is 1. The highest BCUT2D eigenvalue weighted by atomic mass is 19.1. The number of nitrogens with zero attached hydrogens (tertiary/aromatic N) is 2. The second-order valence-corrected chi connectivity index (χ2v) is 4.66. The number of nitrogens with two attached hydrogens (primary N) is 1. The Balaban J connectivity index is 2.20. The van der Waals surface area contributed by atoms with Crippen molar-refractivity contribution in [2.75, 3.05) is 37.3 Å². The fourth-order valence-electron chi connectivity index (χ4n) is 2.41. The standard InChI is InChI=1S/C13H20FN3/c1-3-10-9-17(8-7-16(10)2)12-6-4-5-11(14)13(12)15/h4-6,10H,3,7-9,15H2,1-2H3. The summed E-state index contributed by atoms with van der Waals surface area (Å²) in [5.41, 5.74) is 6.91. The summed E-state index contributed by atoms with van der Waals surface area (Å²) in [4.78, 5) is 4.54. The summed E-state index contributed by atoms with van der Waals surface area (Å²) in [6, 6.07) is 5.55. The maximum Gasteiger partial charge on any atom is 0.148 e. The molecule has 3 nitrogen and oxygen atoms in total. The molecular formula is C13H20FN3. The Morgan fingerprint density at radius 2 is 2.18 bits per heavy atom. The SMILES string of the molecule is CCC1CN(c2cccc(F)c2N)CCN1C. The first kappa shape index (κ1) is 12.2. The molecule has 0 aromatic heterocycles. The van der Waals surface area contributed by atoms with Crippen LogP contribution in [0.15, 0.2) is 18.2 Å². The molecule has 1 heterocycles. The summed E-state index contributed by atoms with van der Waals surface area (Å²) in [5.74, 6) is -0.325. The second-order valence-electron chi connectivity index (χ2n) is 4.66. The predicted octanol–water partition coefficient (Wildman–Crippen LogP) is 1.94. The molecule has 1 unspecified atom stereocenters. The van der Waals surface area contributed by atoms with E-state index in [0.29, 0.717) is 6.04 Å². The minimum Gasteiger partial charge on any atom is -0.395 e. The van der Waals surface area contributed by atoms with Gasteiger partial charge in [-0.1, -0.05) is 13.0 Å². The minimum absolute atomic E-state index is 0.270. The van der Waals surface area contributed by atoms with Crippen molar-refractivity contribution in [3.8, 4) is 0 Å². The lowest BCUT2D eigenvalue weighted by Gasteiger charge is -2.40. The molecule has 1 aromatic rings. The number of rotatable bonds is 2. The highest BCUT2D eigenvalue weighted by molar-refractivity contribution is 5.68. The quantitative estimate of drug-likeness (QED) is 0.798. The third-order valence-electron chi connectivity index (χ3n) is 3.62. The maximum atomic E-state index is 13.4. The van der Waals surface area contributed by atoms with E-state index < -0.39 is 0 Å². The van der Waals surface area contributed by atoms with Crippen LogP contribution in [-0.4, -0.2) is 37.6 Å². The van der Waals surface area contributed by atoms with E-state index >= 15 is 0 Å². The van der Waals surface area contributed by atoms with Gasteiger partial charge < -0.3 is 10.6 Å². The summed E-state index contributed by atoms with van der Waals surface area (Å²) in [6.45, 7) is 5.00. The number of para-hydroxylation sites is 1. The zero-order valence-corrected chi connectivity index (χ0v) is 10.5. The topological polar surface area (TPSA) is 32.5 Å². The number of hydrogen-bond donors (Lipinski definition) is 1. The number of hydrogen-bond acceptors (Lipinski definition) is 3. The predicted molar refractivity (Wildman–Crippen MR) is 69.7 cm³/mol. The fraction of sp³-hybridized carbons (Fsp3) is 0.538. The van der Waals surface area contributed by atoms with Gasteiger partial charge in [-0.25, -0.2) is 4.39 Å². The van der Waals surface area contributed by atoms with E-state index in [9.17, 15) is 4.39 Å². The number of benzene rings is 1.